The summed E-state index contributed by atoms with van der Waals surface area (Å²) in [6.07, 6.45) is 0. The van der Waals surface area contributed by atoms with Gasteiger partial charge in [0.2, 0.25) is 0 Å². The fourth-order valence-corrected chi connectivity index (χ4v) is 6.67. The van der Waals surface area contributed by atoms with Crippen LogP contribution in [0.25, 0.3) is 55.8 Å². The Bertz CT molecular complexity index is 2310. The number of ether oxygens (including phenoxy) is 1. The highest BCUT2D eigenvalue weighted by atomic mass is 16.5. The summed E-state index contributed by atoms with van der Waals surface area (Å²) in [6.45, 7) is 4.32. The SMILES string of the molecule is CC1(C)c2ccccc2Oc2c(-c3ccc(-c4cc(-c5cccc6ccccc56)nc(-c5ccccc5)n4)cc3)ccc(C#N)c21. The quantitative estimate of drug-likeness (QED) is 0.204. The van der Waals surface area contributed by atoms with Crippen molar-refractivity contribution in [2.45, 2.75) is 19.3 Å². The van der Waals surface area contributed by atoms with E-state index < -0.39 is 5.41 Å². The van der Waals surface area contributed by atoms with E-state index in [9.17, 15) is 5.26 Å². The standard InChI is InChI=1S/C42H29N3O/c1-42(2)35-17-8-9-18-38(35)46-40-33(24-23-31(26-43)39(40)42)28-19-21-29(22-20-28)36-25-37(45-41(44-36)30-12-4-3-5-13-30)34-16-10-14-27-11-6-7-15-32(27)34/h3-25H,1-2H3. The largest absolute Gasteiger partial charge is 0.456 e. The van der Waals surface area contributed by atoms with E-state index in [1.807, 2.05) is 60.7 Å². The molecule has 0 radical (unpaired) electrons. The molecule has 0 atom stereocenters. The molecule has 8 rings (SSSR count). The highest BCUT2D eigenvalue weighted by molar-refractivity contribution is 5.96. The molecule has 4 nitrogen and oxygen atoms in total. The Morgan fingerprint density at radius 3 is 2.13 bits per heavy atom. The highest BCUT2D eigenvalue weighted by Gasteiger charge is 2.37. The first kappa shape index (κ1) is 27.5. The van der Waals surface area contributed by atoms with Gasteiger partial charge in [-0.1, -0.05) is 129 Å². The van der Waals surface area contributed by atoms with Crippen molar-refractivity contribution in [2.24, 2.45) is 0 Å². The van der Waals surface area contributed by atoms with Gasteiger partial charge in [0.15, 0.2) is 5.82 Å². The molecule has 4 heteroatoms. The molecular weight excluding hydrogens is 562 g/mol. The molecule has 0 unspecified atom stereocenters. The van der Waals surface area contributed by atoms with Crippen molar-refractivity contribution in [1.29, 1.82) is 5.26 Å². The Balaban J connectivity index is 1.25. The molecular formula is C42H29N3O. The zero-order chi connectivity index (χ0) is 31.3. The Labute approximate surface area is 268 Å². The van der Waals surface area contributed by atoms with Crippen LogP contribution in [0.5, 0.6) is 11.5 Å². The normalized spacial score (nSPS) is 12.9. The molecule has 46 heavy (non-hydrogen) atoms. The lowest BCUT2D eigenvalue weighted by Gasteiger charge is -2.36. The first-order chi connectivity index (χ1) is 22.5. The minimum Gasteiger partial charge on any atom is -0.456 e. The van der Waals surface area contributed by atoms with E-state index in [4.69, 9.17) is 14.7 Å². The van der Waals surface area contributed by atoms with Crippen LogP contribution in [-0.2, 0) is 5.41 Å². The number of nitriles is 1. The Hall–Kier alpha value is -6.05. The maximum absolute atomic E-state index is 10.0. The Kier molecular flexibility index (Phi) is 6.48. The third-order valence-corrected chi connectivity index (χ3v) is 8.99. The van der Waals surface area contributed by atoms with Gasteiger partial charge in [0, 0.05) is 38.8 Å². The van der Waals surface area contributed by atoms with Crippen molar-refractivity contribution < 1.29 is 4.74 Å². The molecule has 0 saturated carbocycles. The average molecular weight is 592 g/mol. The van der Waals surface area contributed by atoms with E-state index in [0.29, 0.717) is 11.4 Å². The summed E-state index contributed by atoms with van der Waals surface area (Å²) in [5, 5.41) is 12.4. The zero-order valence-corrected chi connectivity index (χ0v) is 25.5. The molecule has 1 aliphatic heterocycles. The van der Waals surface area contributed by atoms with Gasteiger partial charge in [0.25, 0.3) is 0 Å². The molecule has 0 fully saturated rings. The smallest absolute Gasteiger partial charge is 0.160 e. The summed E-state index contributed by atoms with van der Waals surface area (Å²) in [5.41, 5.74) is 8.92. The average Bonchev–Trinajstić information content (AvgIpc) is 3.11. The van der Waals surface area contributed by atoms with Crippen molar-refractivity contribution in [1.82, 2.24) is 9.97 Å². The molecule has 218 valence electrons. The molecule has 2 heterocycles. The number of hydrogen-bond donors (Lipinski definition) is 0. The number of fused-ring (bicyclic) bond motifs is 3. The second-order valence-electron chi connectivity index (χ2n) is 12.1. The Morgan fingerprint density at radius 1 is 0.609 bits per heavy atom. The first-order valence-electron chi connectivity index (χ1n) is 15.4. The van der Waals surface area contributed by atoms with Crippen molar-refractivity contribution in [2.75, 3.05) is 0 Å². The third-order valence-electron chi connectivity index (χ3n) is 8.99. The van der Waals surface area contributed by atoms with Crippen molar-refractivity contribution in [3.05, 3.63) is 156 Å². The highest BCUT2D eigenvalue weighted by Crippen LogP contribution is 2.52. The van der Waals surface area contributed by atoms with E-state index in [1.165, 1.54) is 5.39 Å². The topological polar surface area (TPSA) is 58.8 Å². The second-order valence-corrected chi connectivity index (χ2v) is 12.1. The summed E-state index contributed by atoms with van der Waals surface area (Å²) >= 11 is 0. The van der Waals surface area contributed by atoms with E-state index in [2.05, 4.69) is 98.8 Å². The van der Waals surface area contributed by atoms with Crippen LogP contribution in [0.2, 0.25) is 0 Å². The fraction of sp³-hybridized carbons (Fsp3) is 0.0714. The Morgan fingerprint density at radius 2 is 1.30 bits per heavy atom. The summed E-state index contributed by atoms with van der Waals surface area (Å²) in [4.78, 5) is 10.1. The molecule has 0 N–H and O–H groups in total. The van der Waals surface area contributed by atoms with Crippen molar-refractivity contribution in [3.8, 4) is 62.6 Å². The predicted molar refractivity (Wildman–Crippen MR) is 185 cm³/mol. The van der Waals surface area contributed by atoms with Crippen molar-refractivity contribution in [3.63, 3.8) is 0 Å². The number of benzene rings is 6. The van der Waals surface area contributed by atoms with Crippen molar-refractivity contribution >= 4 is 10.8 Å². The van der Waals surface area contributed by atoms with Gasteiger partial charge in [-0.15, -0.1) is 0 Å². The molecule has 0 aliphatic carbocycles. The van der Waals surface area contributed by atoms with E-state index in [1.54, 1.807) is 0 Å². The summed E-state index contributed by atoms with van der Waals surface area (Å²) < 4.78 is 6.55. The number of hydrogen-bond acceptors (Lipinski definition) is 4. The predicted octanol–water partition coefficient (Wildman–Crippen LogP) is 10.6. The van der Waals surface area contributed by atoms with E-state index >= 15 is 0 Å². The summed E-state index contributed by atoms with van der Waals surface area (Å²) in [7, 11) is 0. The minimum atomic E-state index is -0.391. The molecule has 7 aromatic rings. The van der Waals surface area contributed by atoms with Crippen LogP contribution >= 0.6 is 0 Å². The van der Waals surface area contributed by atoms with Gasteiger partial charge < -0.3 is 4.74 Å². The molecule has 0 spiro atoms. The van der Waals surface area contributed by atoms with Crippen LogP contribution in [0.15, 0.2) is 140 Å². The van der Waals surface area contributed by atoms with Crippen LogP contribution in [0.4, 0.5) is 0 Å². The lowest BCUT2D eigenvalue weighted by atomic mass is 9.73. The van der Waals surface area contributed by atoms with E-state index in [0.717, 1.165) is 67.2 Å². The van der Waals surface area contributed by atoms with Gasteiger partial charge in [-0.05, 0) is 40.6 Å². The van der Waals surface area contributed by atoms with Crippen LogP contribution in [0.3, 0.4) is 0 Å². The van der Waals surface area contributed by atoms with Crippen LogP contribution < -0.4 is 4.74 Å². The molecule has 1 aromatic heterocycles. The molecule has 6 aromatic carbocycles. The maximum atomic E-state index is 10.0. The van der Waals surface area contributed by atoms with Crippen LogP contribution in [0, 0.1) is 11.3 Å². The minimum absolute atomic E-state index is 0.391. The van der Waals surface area contributed by atoms with Gasteiger partial charge >= 0.3 is 0 Å². The molecule has 1 aliphatic rings. The fourth-order valence-electron chi connectivity index (χ4n) is 6.67. The molecule has 0 saturated heterocycles. The maximum Gasteiger partial charge on any atom is 0.160 e. The van der Waals surface area contributed by atoms with Gasteiger partial charge in [0.05, 0.1) is 23.0 Å². The zero-order valence-electron chi connectivity index (χ0n) is 25.5. The van der Waals surface area contributed by atoms with Gasteiger partial charge in [-0.2, -0.15) is 5.26 Å². The molecule has 0 bridgehead atoms. The van der Waals surface area contributed by atoms with Crippen LogP contribution in [0.1, 0.15) is 30.5 Å². The van der Waals surface area contributed by atoms with Gasteiger partial charge in [-0.3, -0.25) is 0 Å². The summed E-state index contributed by atoms with van der Waals surface area (Å²) in [6, 6.07) is 49.7. The van der Waals surface area contributed by atoms with E-state index in [-0.39, 0.29) is 0 Å². The van der Waals surface area contributed by atoms with Gasteiger partial charge in [-0.25, -0.2) is 9.97 Å². The number of aromatic nitrogens is 2. The molecule has 0 amide bonds. The number of para-hydroxylation sites is 1. The third kappa shape index (κ3) is 4.53. The monoisotopic (exact) mass is 591 g/mol. The van der Waals surface area contributed by atoms with Gasteiger partial charge in [0.1, 0.15) is 11.5 Å². The lowest BCUT2D eigenvalue weighted by molar-refractivity contribution is 0.419. The lowest BCUT2D eigenvalue weighted by Crippen LogP contribution is -2.26. The first-order valence-corrected chi connectivity index (χ1v) is 15.4. The second kappa shape index (κ2) is 10.8. The van der Waals surface area contributed by atoms with Crippen LogP contribution in [-0.4, -0.2) is 9.97 Å². The number of nitrogens with zero attached hydrogens (tertiary/aromatic N) is 3. The number of rotatable bonds is 4. The summed E-state index contributed by atoms with van der Waals surface area (Å²) in [5.74, 6) is 2.24.